The van der Waals surface area contributed by atoms with Crippen LogP contribution in [0.3, 0.4) is 0 Å². The first-order chi connectivity index (χ1) is 15.3. The van der Waals surface area contributed by atoms with Gasteiger partial charge in [-0.05, 0) is 73.2 Å². The van der Waals surface area contributed by atoms with Crippen LogP contribution in [0.25, 0.3) is 16.9 Å². The number of rotatable bonds is 6. The summed E-state index contributed by atoms with van der Waals surface area (Å²) in [5, 5.41) is 10.9. The van der Waals surface area contributed by atoms with Crippen molar-refractivity contribution in [1.82, 2.24) is 4.57 Å². The van der Waals surface area contributed by atoms with E-state index < -0.39 is 5.97 Å². The fourth-order valence-electron chi connectivity index (χ4n) is 3.49. The van der Waals surface area contributed by atoms with E-state index in [2.05, 4.69) is 0 Å². The lowest BCUT2D eigenvalue weighted by atomic mass is 10.1. The molecular weight excluding hydrogens is 469 g/mol. The van der Waals surface area contributed by atoms with E-state index in [9.17, 15) is 9.90 Å². The molecule has 4 aromatic rings. The van der Waals surface area contributed by atoms with Crippen LogP contribution in [0.1, 0.15) is 21.6 Å². The third-order valence-corrected chi connectivity index (χ3v) is 6.00. The molecule has 0 atom stereocenters. The van der Waals surface area contributed by atoms with Gasteiger partial charge in [0, 0.05) is 22.0 Å². The molecule has 0 fully saturated rings. The highest BCUT2D eigenvalue weighted by Crippen LogP contribution is 2.36. The molecule has 0 amide bonds. The number of aryl methyl sites for hydroxylation is 1. The van der Waals surface area contributed by atoms with Gasteiger partial charge in [0.05, 0.1) is 21.3 Å². The van der Waals surface area contributed by atoms with Crippen molar-refractivity contribution in [2.75, 3.05) is 0 Å². The van der Waals surface area contributed by atoms with Crippen LogP contribution in [0, 0.1) is 6.92 Å². The molecule has 0 aliphatic heterocycles. The standard InChI is InChI=1S/C25H18Cl3NO3/c1-15-5-9-23(29(15)19-4-2-3-17(12-19)25(30)31)20-13-18(26)7-10-24(20)32-14-16-6-8-21(27)22(28)11-16/h2-13H,14H2,1H3,(H,30,31). The highest BCUT2D eigenvalue weighted by molar-refractivity contribution is 6.42. The summed E-state index contributed by atoms with van der Waals surface area (Å²) in [5.74, 6) is -0.346. The molecule has 0 bridgehead atoms. The van der Waals surface area contributed by atoms with Crippen LogP contribution in [-0.4, -0.2) is 15.6 Å². The van der Waals surface area contributed by atoms with E-state index >= 15 is 0 Å². The lowest BCUT2D eigenvalue weighted by Crippen LogP contribution is -2.04. The first-order valence-electron chi connectivity index (χ1n) is 9.72. The van der Waals surface area contributed by atoms with E-state index in [4.69, 9.17) is 39.5 Å². The molecule has 1 N–H and O–H groups in total. The second kappa shape index (κ2) is 9.29. The maximum Gasteiger partial charge on any atom is 0.335 e. The van der Waals surface area contributed by atoms with Crippen LogP contribution in [0.15, 0.2) is 72.8 Å². The Morgan fingerprint density at radius 2 is 1.75 bits per heavy atom. The van der Waals surface area contributed by atoms with Gasteiger partial charge in [-0.1, -0.05) is 46.9 Å². The van der Waals surface area contributed by atoms with Crippen molar-refractivity contribution < 1.29 is 14.6 Å². The summed E-state index contributed by atoms with van der Waals surface area (Å²) in [7, 11) is 0. The van der Waals surface area contributed by atoms with Crippen LogP contribution in [0.2, 0.25) is 15.1 Å². The van der Waals surface area contributed by atoms with Gasteiger partial charge in [0.15, 0.2) is 0 Å². The number of ether oxygens (including phenoxy) is 1. The molecule has 1 aromatic heterocycles. The first kappa shape index (κ1) is 22.3. The first-order valence-corrected chi connectivity index (χ1v) is 10.9. The summed E-state index contributed by atoms with van der Waals surface area (Å²) in [6.45, 7) is 2.25. The SMILES string of the molecule is Cc1ccc(-c2cc(Cl)ccc2OCc2ccc(Cl)c(Cl)c2)n1-c1cccc(C(=O)O)c1. The number of aromatic carboxylic acids is 1. The summed E-state index contributed by atoms with van der Waals surface area (Å²) in [5.41, 5.74) is 4.38. The predicted octanol–water partition coefficient (Wildman–Crippen LogP) is 7.69. The van der Waals surface area contributed by atoms with Crippen molar-refractivity contribution >= 4 is 40.8 Å². The molecule has 1 heterocycles. The Balaban J connectivity index is 1.75. The summed E-state index contributed by atoms with van der Waals surface area (Å²) in [6.07, 6.45) is 0. The summed E-state index contributed by atoms with van der Waals surface area (Å²) in [4.78, 5) is 11.5. The monoisotopic (exact) mass is 485 g/mol. The number of carboxylic acid groups (broad SMARTS) is 1. The number of carboxylic acids is 1. The van der Waals surface area contributed by atoms with E-state index in [0.29, 0.717) is 27.4 Å². The fourth-order valence-corrected chi connectivity index (χ4v) is 3.98. The Kier molecular flexibility index (Phi) is 6.47. The highest BCUT2D eigenvalue weighted by atomic mass is 35.5. The van der Waals surface area contributed by atoms with Gasteiger partial charge in [0.25, 0.3) is 0 Å². The van der Waals surface area contributed by atoms with Gasteiger partial charge >= 0.3 is 5.97 Å². The van der Waals surface area contributed by atoms with Gasteiger partial charge in [-0.25, -0.2) is 4.79 Å². The molecule has 0 saturated heterocycles. The molecule has 4 nitrogen and oxygen atoms in total. The minimum atomic E-state index is -0.980. The quantitative estimate of drug-likeness (QED) is 0.304. The minimum absolute atomic E-state index is 0.212. The van der Waals surface area contributed by atoms with Crippen molar-refractivity contribution in [3.8, 4) is 22.7 Å². The van der Waals surface area contributed by atoms with E-state index in [1.165, 1.54) is 0 Å². The molecule has 0 aliphatic carbocycles. The summed E-state index contributed by atoms with van der Waals surface area (Å²) >= 11 is 18.4. The third kappa shape index (κ3) is 4.63. The molecule has 162 valence electrons. The van der Waals surface area contributed by atoms with E-state index in [-0.39, 0.29) is 5.56 Å². The van der Waals surface area contributed by atoms with Gasteiger partial charge in [0.1, 0.15) is 12.4 Å². The van der Waals surface area contributed by atoms with Crippen molar-refractivity contribution in [3.63, 3.8) is 0 Å². The number of hydrogen-bond acceptors (Lipinski definition) is 2. The van der Waals surface area contributed by atoms with Crippen LogP contribution in [-0.2, 0) is 6.61 Å². The second-order valence-electron chi connectivity index (χ2n) is 7.23. The molecule has 7 heteroatoms. The minimum Gasteiger partial charge on any atom is -0.488 e. The largest absolute Gasteiger partial charge is 0.488 e. The van der Waals surface area contributed by atoms with Crippen LogP contribution in [0.5, 0.6) is 5.75 Å². The fraction of sp³-hybridized carbons (Fsp3) is 0.0800. The maximum atomic E-state index is 11.5. The van der Waals surface area contributed by atoms with Gasteiger partial charge in [-0.2, -0.15) is 0 Å². The molecule has 0 saturated carbocycles. The van der Waals surface area contributed by atoms with E-state index in [1.54, 1.807) is 36.4 Å². The number of halogens is 3. The highest BCUT2D eigenvalue weighted by Gasteiger charge is 2.16. The molecule has 4 rings (SSSR count). The van der Waals surface area contributed by atoms with Crippen molar-refractivity contribution in [2.24, 2.45) is 0 Å². The third-order valence-electron chi connectivity index (χ3n) is 5.02. The molecule has 0 spiro atoms. The summed E-state index contributed by atoms with van der Waals surface area (Å²) < 4.78 is 8.10. The Morgan fingerprint density at radius 1 is 0.938 bits per heavy atom. The van der Waals surface area contributed by atoms with Crippen LogP contribution >= 0.6 is 34.8 Å². The lowest BCUT2D eigenvalue weighted by molar-refractivity contribution is 0.0697. The summed E-state index contributed by atoms with van der Waals surface area (Å²) in [6, 6.07) is 21.5. The van der Waals surface area contributed by atoms with E-state index in [1.807, 2.05) is 47.9 Å². The Morgan fingerprint density at radius 3 is 2.50 bits per heavy atom. The number of benzene rings is 3. The van der Waals surface area contributed by atoms with Crippen molar-refractivity contribution in [3.05, 3.63) is 105 Å². The predicted molar refractivity (Wildman–Crippen MR) is 129 cm³/mol. The average molecular weight is 487 g/mol. The van der Waals surface area contributed by atoms with Crippen LogP contribution < -0.4 is 4.74 Å². The van der Waals surface area contributed by atoms with E-state index in [0.717, 1.165) is 28.2 Å². The smallest absolute Gasteiger partial charge is 0.335 e. The molecule has 0 unspecified atom stereocenters. The Hall–Kier alpha value is -2.92. The normalized spacial score (nSPS) is 10.9. The molecule has 0 radical (unpaired) electrons. The number of hydrogen-bond donors (Lipinski definition) is 1. The van der Waals surface area contributed by atoms with Gasteiger partial charge in [0.2, 0.25) is 0 Å². The topological polar surface area (TPSA) is 51.5 Å². The molecule has 32 heavy (non-hydrogen) atoms. The van der Waals surface area contributed by atoms with Crippen LogP contribution in [0.4, 0.5) is 0 Å². The number of carbonyl (C=O) groups is 1. The number of nitrogens with zero attached hydrogens (tertiary/aromatic N) is 1. The Labute approximate surface area is 200 Å². The zero-order valence-corrected chi connectivity index (χ0v) is 19.2. The number of aromatic nitrogens is 1. The average Bonchev–Trinajstić information content (AvgIpc) is 3.16. The molecular formula is C25H18Cl3NO3. The van der Waals surface area contributed by atoms with Crippen molar-refractivity contribution in [1.29, 1.82) is 0 Å². The van der Waals surface area contributed by atoms with Gasteiger partial charge in [-0.15, -0.1) is 0 Å². The second-order valence-corrected chi connectivity index (χ2v) is 8.48. The van der Waals surface area contributed by atoms with Gasteiger partial charge in [-0.3, -0.25) is 0 Å². The Bertz CT molecular complexity index is 1310. The zero-order valence-electron chi connectivity index (χ0n) is 17.0. The maximum absolute atomic E-state index is 11.5. The van der Waals surface area contributed by atoms with Gasteiger partial charge < -0.3 is 14.4 Å². The lowest BCUT2D eigenvalue weighted by Gasteiger charge is -2.16. The molecule has 0 aliphatic rings. The van der Waals surface area contributed by atoms with Crippen molar-refractivity contribution in [2.45, 2.75) is 13.5 Å². The zero-order chi connectivity index (χ0) is 22.8. The molecule has 3 aromatic carbocycles.